The molecular formula is C15H30N2O2. The molecule has 0 aromatic rings. The first kappa shape index (κ1) is 16.4. The minimum Gasteiger partial charge on any atom is -0.395 e. The molecule has 0 atom stereocenters. The second-order valence-electron chi connectivity index (χ2n) is 5.51. The molecule has 0 aliphatic carbocycles. The lowest BCUT2D eigenvalue weighted by atomic mass is 9.93. The molecule has 4 heteroatoms. The first-order valence-corrected chi connectivity index (χ1v) is 7.83. The zero-order valence-corrected chi connectivity index (χ0v) is 12.5. The normalized spacial score (nSPS) is 16.8. The molecule has 0 spiro atoms. The number of nitrogens with zero attached hydrogens (tertiary/aromatic N) is 1. The molecule has 4 nitrogen and oxygen atoms in total. The van der Waals surface area contributed by atoms with Crippen LogP contribution in [0.5, 0.6) is 0 Å². The molecule has 2 N–H and O–H groups in total. The molecule has 1 rings (SSSR count). The van der Waals surface area contributed by atoms with Crippen LogP contribution in [0, 0.1) is 5.92 Å². The molecule has 1 aliphatic rings. The summed E-state index contributed by atoms with van der Waals surface area (Å²) in [5.41, 5.74) is 0. The first-order valence-electron chi connectivity index (χ1n) is 7.83. The maximum Gasteiger partial charge on any atom is 0.222 e. The minimum absolute atomic E-state index is 0.0651. The van der Waals surface area contributed by atoms with Crippen molar-refractivity contribution in [3.63, 3.8) is 0 Å². The predicted octanol–water partition coefficient (Wildman–Crippen LogP) is 1.78. The van der Waals surface area contributed by atoms with Crippen molar-refractivity contribution in [2.75, 3.05) is 26.2 Å². The number of aliphatic hydroxyl groups excluding tert-OH is 1. The summed E-state index contributed by atoms with van der Waals surface area (Å²) in [6.45, 7) is 6.95. The van der Waals surface area contributed by atoms with Crippen molar-refractivity contribution in [3.05, 3.63) is 0 Å². The third-order valence-electron chi connectivity index (χ3n) is 4.27. The Morgan fingerprint density at radius 2 is 1.95 bits per heavy atom. The summed E-state index contributed by atoms with van der Waals surface area (Å²) in [5.74, 6) is 0.921. The number of carbonyl (C=O) groups excluding carboxylic acids is 1. The molecule has 0 radical (unpaired) electrons. The quantitative estimate of drug-likeness (QED) is 0.707. The van der Waals surface area contributed by atoms with Gasteiger partial charge in [0, 0.05) is 19.0 Å². The van der Waals surface area contributed by atoms with Gasteiger partial charge in [-0.15, -0.1) is 0 Å². The molecule has 0 bridgehead atoms. The molecule has 0 aromatic heterocycles. The number of rotatable bonds is 8. The molecule has 19 heavy (non-hydrogen) atoms. The average molecular weight is 270 g/mol. The summed E-state index contributed by atoms with van der Waals surface area (Å²) in [6, 6.07) is 0.285. The zero-order valence-electron chi connectivity index (χ0n) is 12.5. The highest BCUT2D eigenvalue weighted by molar-refractivity contribution is 5.76. The summed E-state index contributed by atoms with van der Waals surface area (Å²) >= 11 is 0. The largest absolute Gasteiger partial charge is 0.395 e. The van der Waals surface area contributed by atoms with Gasteiger partial charge in [0.05, 0.1) is 6.61 Å². The molecule has 1 fully saturated rings. The van der Waals surface area contributed by atoms with E-state index in [1.54, 1.807) is 0 Å². The van der Waals surface area contributed by atoms with Gasteiger partial charge in [0.25, 0.3) is 0 Å². The summed E-state index contributed by atoms with van der Waals surface area (Å²) in [7, 11) is 0. The number of hydrogen-bond donors (Lipinski definition) is 2. The van der Waals surface area contributed by atoms with E-state index in [-0.39, 0.29) is 18.6 Å². The molecule has 1 heterocycles. The van der Waals surface area contributed by atoms with Crippen LogP contribution in [0.15, 0.2) is 0 Å². The van der Waals surface area contributed by atoms with Gasteiger partial charge in [-0.2, -0.15) is 0 Å². The summed E-state index contributed by atoms with van der Waals surface area (Å²) < 4.78 is 0. The van der Waals surface area contributed by atoms with Crippen molar-refractivity contribution < 1.29 is 9.90 Å². The predicted molar refractivity (Wildman–Crippen MR) is 78.0 cm³/mol. The molecule has 112 valence electrons. The Labute approximate surface area is 117 Å². The van der Waals surface area contributed by atoms with Gasteiger partial charge in [-0.05, 0) is 51.1 Å². The van der Waals surface area contributed by atoms with E-state index in [1.807, 2.05) is 4.90 Å². The van der Waals surface area contributed by atoms with Crippen LogP contribution in [-0.4, -0.2) is 48.2 Å². The Balaban J connectivity index is 2.41. The number of carbonyl (C=O) groups is 1. The Morgan fingerprint density at radius 1 is 1.32 bits per heavy atom. The summed E-state index contributed by atoms with van der Waals surface area (Å²) in [4.78, 5) is 14.2. The van der Waals surface area contributed by atoms with Crippen LogP contribution in [0.1, 0.15) is 52.4 Å². The fourth-order valence-corrected chi connectivity index (χ4v) is 2.99. The van der Waals surface area contributed by atoms with Crippen LogP contribution >= 0.6 is 0 Å². The van der Waals surface area contributed by atoms with Gasteiger partial charge in [0.1, 0.15) is 0 Å². The van der Waals surface area contributed by atoms with E-state index in [0.717, 1.165) is 32.4 Å². The van der Waals surface area contributed by atoms with Crippen LogP contribution in [0.2, 0.25) is 0 Å². The van der Waals surface area contributed by atoms with Gasteiger partial charge in [0.2, 0.25) is 5.91 Å². The van der Waals surface area contributed by atoms with E-state index in [2.05, 4.69) is 19.2 Å². The van der Waals surface area contributed by atoms with Crippen molar-refractivity contribution in [3.8, 4) is 0 Å². The van der Waals surface area contributed by atoms with E-state index in [1.165, 1.54) is 12.8 Å². The number of piperidine rings is 1. The van der Waals surface area contributed by atoms with Crippen molar-refractivity contribution in [2.24, 2.45) is 5.92 Å². The minimum atomic E-state index is 0.0651. The Morgan fingerprint density at radius 3 is 2.47 bits per heavy atom. The van der Waals surface area contributed by atoms with E-state index in [9.17, 15) is 4.79 Å². The van der Waals surface area contributed by atoms with Gasteiger partial charge in [-0.3, -0.25) is 4.79 Å². The van der Waals surface area contributed by atoms with Crippen LogP contribution in [-0.2, 0) is 4.79 Å². The molecule has 1 aliphatic heterocycles. The Hall–Kier alpha value is -0.610. The number of amides is 1. The van der Waals surface area contributed by atoms with Crippen LogP contribution < -0.4 is 5.32 Å². The van der Waals surface area contributed by atoms with Crippen LogP contribution in [0.3, 0.4) is 0 Å². The van der Waals surface area contributed by atoms with Gasteiger partial charge in [-0.1, -0.05) is 13.8 Å². The van der Waals surface area contributed by atoms with Gasteiger partial charge < -0.3 is 15.3 Å². The standard InChI is InChI=1S/C15H30N2O2/c1-3-14(4-2)17(11-12-18)15(19)6-5-13-7-9-16-10-8-13/h13-14,16,18H,3-12H2,1-2H3. The topological polar surface area (TPSA) is 52.6 Å². The number of aliphatic hydroxyl groups is 1. The van der Waals surface area contributed by atoms with E-state index in [4.69, 9.17) is 5.11 Å². The molecule has 1 saturated heterocycles. The highest BCUT2D eigenvalue weighted by atomic mass is 16.3. The van der Waals surface area contributed by atoms with Crippen molar-refractivity contribution in [2.45, 2.75) is 58.4 Å². The fourth-order valence-electron chi connectivity index (χ4n) is 2.99. The molecule has 0 saturated carbocycles. The lowest BCUT2D eigenvalue weighted by molar-refractivity contribution is -0.134. The van der Waals surface area contributed by atoms with E-state index >= 15 is 0 Å². The molecule has 1 amide bonds. The third-order valence-corrected chi connectivity index (χ3v) is 4.27. The van der Waals surface area contributed by atoms with E-state index in [0.29, 0.717) is 18.9 Å². The van der Waals surface area contributed by atoms with Gasteiger partial charge in [-0.25, -0.2) is 0 Å². The van der Waals surface area contributed by atoms with Gasteiger partial charge >= 0.3 is 0 Å². The summed E-state index contributed by atoms with van der Waals surface area (Å²) in [6.07, 6.45) is 5.96. The van der Waals surface area contributed by atoms with E-state index < -0.39 is 0 Å². The summed E-state index contributed by atoms with van der Waals surface area (Å²) in [5, 5.41) is 12.5. The highest BCUT2D eigenvalue weighted by Gasteiger charge is 2.22. The SMILES string of the molecule is CCC(CC)N(CCO)C(=O)CCC1CCNCC1. The smallest absolute Gasteiger partial charge is 0.222 e. The van der Waals surface area contributed by atoms with Crippen molar-refractivity contribution in [1.29, 1.82) is 0 Å². The number of nitrogens with one attached hydrogen (secondary N) is 1. The average Bonchev–Trinajstić information content (AvgIpc) is 2.46. The van der Waals surface area contributed by atoms with Crippen LogP contribution in [0.4, 0.5) is 0 Å². The molecular weight excluding hydrogens is 240 g/mol. The maximum absolute atomic E-state index is 12.3. The molecule has 0 aromatic carbocycles. The fraction of sp³-hybridized carbons (Fsp3) is 0.933. The zero-order chi connectivity index (χ0) is 14.1. The second-order valence-corrected chi connectivity index (χ2v) is 5.51. The Bertz CT molecular complexity index is 249. The maximum atomic E-state index is 12.3. The van der Waals surface area contributed by atoms with Crippen molar-refractivity contribution >= 4 is 5.91 Å². The number of hydrogen-bond acceptors (Lipinski definition) is 3. The first-order chi connectivity index (χ1) is 9.22. The lowest BCUT2D eigenvalue weighted by Gasteiger charge is -2.31. The van der Waals surface area contributed by atoms with Gasteiger partial charge in [0.15, 0.2) is 0 Å². The highest BCUT2D eigenvalue weighted by Crippen LogP contribution is 2.19. The van der Waals surface area contributed by atoms with Crippen molar-refractivity contribution in [1.82, 2.24) is 10.2 Å². The lowest BCUT2D eigenvalue weighted by Crippen LogP contribution is -2.41. The second kappa shape index (κ2) is 9.32. The molecule has 0 unspecified atom stereocenters. The van der Waals surface area contributed by atoms with Crippen LogP contribution in [0.25, 0.3) is 0 Å². The monoisotopic (exact) mass is 270 g/mol. The Kier molecular flexibility index (Phi) is 8.07. The third kappa shape index (κ3) is 5.49.